The summed E-state index contributed by atoms with van der Waals surface area (Å²) >= 11 is 0. The van der Waals surface area contributed by atoms with E-state index < -0.39 is 0 Å². The number of carbonyl (C=O) groups is 1. The molecule has 80 valence electrons. The lowest BCUT2D eigenvalue weighted by Crippen LogP contribution is -2.33. The van der Waals surface area contributed by atoms with Gasteiger partial charge in [-0.05, 0) is 24.6 Å². The number of benzene rings is 1. The van der Waals surface area contributed by atoms with Gasteiger partial charge >= 0.3 is 0 Å². The second-order valence-corrected chi connectivity index (χ2v) is 3.60. The van der Waals surface area contributed by atoms with Gasteiger partial charge in [0.2, 0.25) is 5.91 Å². The second kappa shape index (κ2) is 4.31. The van der Waals surface area contributed by atoms with E-state index in [0.29, 0.717) is 13.0 Å². The van der Waals surface area contributed by atoms with Crippen LogP contribution in [0.5, 0.6) is 0 Å². The monoisotopic (exact) mass is 205 g/mol. The van der Waals surface area contributed by atoms with Crippen LogP contribution in [0.2, 0.25) is 0 Å². The van der Waals surface area contributed by atoms with Crippen LogP contribution >= 0.6 is 0 Å². The summed E-state index contributed by atoms with van der Waals surface area (Å²) in [5.74, 6) is 0.0811. The van der Waals surface area contributed by atoms with Crippen molar-refractivity contribution < 1.29 is 4.79 Å². The summed E-state index contributed by atoms with van der Waals surface area (Å²) in [6.45, 7) is 1.36. The van der Waals surface area contributed by atoms with Gasteiger partial charge in [-0.25, -0.2) is 0 Å². The third-order valence-electron chi connectivity index (χ3n) is 2.52. The zero-order chi connectivity index (χ0) is 10.7. The van der Waals surface area contributed by atoms with Gasteiger partial charge in [-0.1, -0.05) is 18.2 Å². The van der Waals surface area contributed by atoms with Crippen molar-refractivity contribution in [3.05, 3.63) is 29.8 Å². The van der Waals surface area contributed by atoms with E-state index in [1.807, 2.05) is 29.3 Å². The predicted octanol–water partition coefficient (Wildman–Crippen LogP) is 0.429. The Labute approximate surface area is 89.0 Å². The van der Waals surface area contributed by atoms with Crippen molar-refractivity contribution in [1.29, 1.82) is 0 Å². The number of hydrogen-bond acceptors (Lipinski definition) is 3. The molecule has 0 bridgehead atoms. The van der Waals surface area contributed by atoms with E-state index in [0.717, 1.165) is 18.7 Å². The number of hydrazine groups is 1. The highest BCUT2D eigenvalue weighted by molar-refractivity contribution is 5.81. The lowest BCUT2D eigenvalue weighted by molar-refractivity contribution is -0.119. The molecule has 1 aliphatic heterocycles. The number of carbonyl (C=O) groups excluding carboxylic acids is 1. The fourth-order valence-corrected chi connectivity index (χ4v) is 1.80. The summed E-state index contributed by atoms with van der Waals surface area (Å²) in [4.78, 5) is 11.1. The summed E-state index contributed by atoms with van der Waals surface area (Å²) in [7, 11) is 0. The maximum Gasteiger partial charge on any atom is 0.240 e. The van der Waals surface area contributed by atoms with Crippen LogP contribution in [0.1, 0.15) is 12.0 Å². The van der Waals surface area contributed by atoms with E-state index in [-0.39, 0.29) is 5.91 Å². The molecule has 15 heavy (non-hydrogen) atoms. The molecular formula is C11H15N3O. The van der Waals surface area contributed by atoms with Crippen LogP contribution in [0.15, 0.2) is 24.3 Å². The number of nitrogens with one attached hydrogen (secondary N) is 1. The molecule has 3 N–H and O–H groups in total. The van der Waals surface area contributed by atoms with Crippen molar-refractivity contribution in [2.45, 2.75) is 12.8 Å². The van der Waals surface area contributed by atoms with Gasteiger partial charge in [-0.2, -0.15) is 0 Å². The predicted molar refractivity (Wildman–Crippen MR) is 59.3 cm³/mol. The minimum absolute atomic E-state index is 0.0811. The summed E-state index contributed by atoms with van der Waals surface area (Å²) in [6.07, 6.45) is 1.40. The molecule has 0 saturated carbocycles. The first kappa shape index (κ1) is 9.98. The summed E-state index contributed by atoms with van der Waals surface area (Å²) in [5, 5.41) is 1.90. The summed E-state index contributed by atoms with van der Waals surface area (Å²) in [6, 6.07) is 8.02. The lowest BCUT2D eigenvalue weighted by atomic mass is 10.1. The molecule has 1 aromatic carbocycles. The molecule has 0 spiro atoms. The Morgan fingerprint density at radius 2 is 2.20 bits per heavy atom. The SMILES string of the molecule is NCCc1ccccc1N1CCC(=O)N1. The van der Waals surface area contributed by atoms with Crippen LogP contribution in [-0.2, 0) is 11.2 Å². The van der Waals surface area contributed by atoms with Gasteiger partial charge in [0.25, 0.3) is 0 Å². The van der Waals surface area contributed by atoms with Crippen molar-refractivity contribution in [3.8, 4) is 0 Å². The minimum Gasteiger partial charge on any atom is -0.330 e. The van der Waals surface area contributed by atoms with E-state index >= 15 is 0 Å². The van der Waals surface area contributed by atoms with E-state index in [4.69, 9.17) is 5.73 Å². The summed E-state index contributed by atoms with van der Waals surface area (Å²) in [5.41, 5.74) is 10.6. The smallest absolute Gasteiger partial charge is 0.240 e. The van der Waals surface area contributed by atoms with Crippen LogP contribution in [0, 0.1) is 0 Å². The molecule has 0 radical (unpaired) electrons. The number of rotatable bonds is 3. The fraction of sp³-hybridized carbons (Fsp3) is 0.364. The lowest BCUT2D eigenvalue weighted by Gasteiger charge is -2.20. The molecule has 4 heteroatoms. The Morgan fingerprint density at radius 1 is 1.40 bits per heavy atom. The fourth-order valence-electron chi connectivity index (χ4n) is 1.80. The molecule has 0 unspecified atom stereocenters. The first-order chi connectivity index (χ1) is 7.31. The largest absolute Gasteiger partial charge is 0.330 e. The highest BCUT2D eigenvalue weighted by Crippen LogP contribution is 2.21. The second-order valence-electron chi connectivity index (χ2n) is 3.60. The molecule has 0 atom stereocenters. The maximum atomic E-state index is 11.1. The molecule has 1 aromatic rings. The zero-order valence-corrected chi connectivity index (χ0v) is 8.57. The van der Waals surface area contributed by atoms with Crippen LogP contribution in [-0.4, -0.2) is 19.0 Å². The van der Waals surface area contributed by atoms with Crippen LogP contribution in [0.25, 0.3) is 0 Å². The number of nitrogens with zero attached hydrogens (tertiary/aromatic N) is 1. The number of hydrogen-bond donors (Lipinski definition) is 2. The molecule has 1 fully saturated rings. The van der Waals surface area contributed by atoms with E-state index in [1.54, 1.807) is 0 Å². The Hall–Kier alpha value is -1.55. The van der Waals surface area contributed by atoms with Crippen LogP contribution < -0.4 is 16.2 Å². The van der Waals surface area contributed by atoms with E-state index in [9.17, 15) is 4.79 Å². The molecular weight excluding hydrogens is 190 g/mol. The Morgan fingerprint density at radius 3 is 2.87 bits per heavy atom. The van der Waals surface area contributed by atoms with Crippen molar-refractivity contribution >= 4 is 11.6 Å². The molecule has 1 heterocycles. The van der Waals surface area contributed by atoms with Gasteiger partial charge in [-0.15, -0.1) is 0 Å². The van der Waals surface area contributed by atoms with Gasteiger partial charge in [0, 0.05) is 13.0 Å². The Bertz CT molecular complexity index is 365. The van der Waals surface area contributed by atoms with Crippen molar-refractivity contribution in [2.75, 3.05) is 18.1 Å². The van der Waals surface area contributed by atoms with Gasteiger partial charge in [0.15, 0.2) is 0 Å². The van der Waals surface area contributed by atoms with Gasteiger partial charge in [0.1, 0.15) is 0 Å². The van der Waals surface area contributed by atoms with Crippen LogP contribution in [0.4, 0.5) is 5.69 Å². The van der Waals surface area contributed by atoms with Gasteiger partial charge in [0.05, 0.1) is 5.69 Å². The first-order valence-corrected chi connectivity index (χ1v) is 5.16. The van der Waals surface area contributed by atoms with Gasteiger partial charge < -0.3 is 5.73 Å². The molecule has 2 rings (SSSR count). The molecule has 1 saturated heterocycles. The highest BCUT2D eigenvalue weighted by Gasteiger charge is 2.20. The quantitative estimate of drug-likeness (QED) is 0.752. The standard InChI is InChI=1S/C11H15N3O/c12-7-5-9-3-1-2-4-10(9)14-8-6-11(15)13-14/h1-4H,5-8,12H2,(H,13,15). The number of anilines is 1. The minimum atomic E-state index is 0.0811. The number of nitrogens with two attached hydrogens (primary N) is 1. The molecule has 0 aromatic heterocycles. The molecule has 1 aliphatic rings. The number of amides is 1. The van der Waals surface area contributed by atoms with Gasteiger partial charge in [-0.3, -0.25) is 15.2 Å². The average Bonchev–Trinajstić information content (AvgIpc) is 2.66. The highest BCUT2D eigenvalue weighted by atomic mass is 16.2. The number of para-hydroxylation sites is 1. The molecule has 1 amide bonds. The molecule has 0 aliphatic carbocycles. The normalized spacial score (nSPS) is 15.5. The Balaban J connectivity index is 2.22. The first-order valence-electron chi connectivity index (χ1n) is 5.16. The van der Waals surface area contributed by atoms with Crippen molar-refractivity contribution in [1.82, 2.24) is 5.43 Å². The van der Waals surface area contributed by atoms with Crippen molar-refractivity contribution in [3.63, 3.8) is 0 Å². The van der Waals surface area contributed by atoms with E-state index in [1.165, 1.54) is 5.56 Å². The maximum absolute atomic E-state index is 11.1. The Kier molecular flexibility index (Phi) is 2.87. The zero-order valence-electron chi connectivity index (χ0n) is 8.57. The topological polar surface area (TPSA) is 58.4 Å². The molecule has 4 nitrogen and oxygen atoms in total. The van der Waals surface area contributed by atoms with E-state index in [2.05, 4.69) is 5.43 Å². The summed E-state index contributed by atoms with van der Waals surface area (Å²) < 4.78 is 0. The average molecular weight is 205 g/mol. The van der Waals surface area contributed by atoms with Crippen LogP contribution in [0.3, 0.4) is 0 Å². The van der Waals surface area contributed by atoms with Crippen molar-refractivity contribution in [2.24, 2.45) is 5.73 Å². The third-order valence-corrected chi connectivity index (χ3v) is 2.52. The third kappa shape index (κ3) is 2.10.